The molecule has 2 unspecified atom stereocenters. The molecule has 0 aliphatic carbocycles. The predicted octanol–water partition coefficient (Wildman–Crippen LogP) is 2.60. The maximum atomic E-state index is 5.51. The molecule has 1 aliphatic rings. The molecule has 1 heterocycles. The summed E-state index contributed by atoms with van der Waals surface area (Å²) in [4.78, 5) is 0. The summed E-state index contributed by atoms with van der Waals surface area (Å²) in [6.07, 6.45) is 4.67. The summed E-state index contributed by atoms with van der Waals surface area (Å²) in [5, 5.41) is 3.67. The fourth-order valence-electron chi connectivity index (χ4n) is 2.31. The summed E-state index contributed by atoms with van der Waals surface area (Å²) in [5.41, 5.74) is -0.00833. The Hall–Kier alpha value is -0.120. The standard InChI is InChI=1S/C14H29NO2/c1-5-9-15-13(12-7-10-17-11-12)6-8-14(2,3)16-4/h12-13,15H,5-11H2,1-4H3. The molecule has 0 amide bonds. The van der Waals surface area contributed by atoms with E-state index in [0.29, 0.717) is 12.0 Å². The second-order valence-electron chi connectivity index (χ2n) is 5.69. The topological polar surface area (TPSA) is 30.5 Å². The molecular formula is C14H29NO2. The molecule has 2 atom stereocenters. The quantitative estimate of drug-likeness (QED) is 0.711. The average Bonchev–Trinajstić information content (AvgIpc) is 2.83. The molecule has 17 heavy (non-hydrogen) atoms. The molecule has 3 heteroatoms. The number of rotatable bonds is 8. The van der Waals surface area contributed by atoms with E-state index in [1.807, 2.05) is 0 Å². The van der Waals surface area contributed by atoms with Gasteiger partial charge in [0.1, 0.15) is 0 Å². The van der Waals surface area contributed by atoms with Gasteiger partial charge in [0.2, 0.25) is 0 Å². The van der Waals surface area contributed by atoms with Crippen LogP contribution in [0.1, 0.15) is 46.5 Å². The first kappa shape index (κ1) is 14.9. The summed E-state index contributed by atoms with van der Waals surface area (Å²) in [7, 11) is 1.80. The van der Waals surface area contributed by atoms with Gasteiger partial charge in [0, 0.05) is 19.8 Å². The molecule has 102 valence electrons. The van der Waals surface area contributed by atoms with Crippen LogP contribution in [-0.2, 0) is 9.47 Å². The van der Waals surface area contributed by atoms with Gasteiger partial charge in [-0.2, -0.15) is 0 Å². The first-order valence-electron chi connectivity index (χ1n) is 6.95. The monoisotopic (exact) mass is 243 g/mol. The Morgan fingerprint density at radius 2 is 2.24 bits per heavy atom. The number of hydrogen-bond donors (Lipinski definition) is 1. The normalized spacial score (nSPS) is 22.9. The van der Waals surface area contributed by atoms with Gasteiger partial charge in [-0.1, -0.05) is 6.92 Å². The SMILES string of the molecule is CCCNC(CCC(C)(C)OC)C1CCOC1. The Morgan fingerprint density at radius 1 is 1.47 bits per heavy atom. The predicted molar refractivity (Wildman–Crippen MR) is 71.3 cm³/mol. The van der Waals surface area contributed by atoms with Gasteiger partial charge in [-0.3, -0.25) is 0 Å². The summed E-state index contributed by atoms with van der Waals surface area (Å²) < 4.78 is 11.0. The van der Waals surface area contributed by atoms with Crippen molar-refractivity contribution in [3.63, 3.8) is 0 Å². The zero-order valence-corrected chi connectivity index (χ0v) is 11.9. The Balaban J connectivity index is 2.39. The van der Waals surface area contributed by atoms with Crippen molar-refractivity contribution in [2.24, 2.45) is 5.92 Å². The minimum atomic E-state index is -0.00833. The highest BCUT2D eigenvalue weighted by atomic mass is 16.5. The lowest BCUT2D eigenvalue weighted by Gasteiger charge is -2.29. The third-order valence-corrected chi connectivity index (χ3v) is 3.80. The summed E-state index contributed by atoms with van der Waals surface area (Å²) >= 11 is 0. The Labute approximate surface area is 106 Å². The van der Waals surface area contributed by atoms with E-state index in [1.54, 1.807) is 7.11 Å². The Kier molecular flexibility index (Phi) is 6.45. The number of hydrogen-bond acceptors (Lipinski definition) is 3. The molecule has 0 aromatic carbocycles. The molecule has 3 nitrogen and oxygen atoms in total. The lowest BCUT2D eigenvalue weighted by atomic mass is 9.90. The molecule has 1 fully saturated rings. The smallest absolute Gasteiger partial charge is 0.0623 e. The van der Waals surface area contributed by atoms with Crippen molar-refractivity contribution in [3.8, 4) is 0 Å². The highest BCUT2D eigenvalue weighted by Crippen LogP contribution is 2.24. The third-order valence-electron chi connectivity index (χ3n) is 3.80. The van der Waals surface area contributed by atoms with Gasteiger partial charge in [0.05, 0.1) is 12.2 Å². The fourth-order valence-corrected chi connectivity index (χ4v) is 2.31. The van der Waals surface area contributed by atoms with Gasteiger partial charge in [0.25, 0.3) is 0 Å². The zero-order valence-electron chi connectivity index (χ0n) is 11.9. The first-order valence-corrected chi connectivity index (χ1v) is 6.95. The van der Waals surface area contributed by atoms with Crippen molar-refractivity contribution in [1.29, 1.82) is 0 Å². The number of ether oxygens (including phenoxy) is 2. The van der Waals surface area contributed by atoms with Gasteiger partial charge >= 0.3 is 0 Å². The van der Waals surface area contributed by atoms with Crippen LogP contribution in [0.5, 0.6) is 0 Å². The summed E-state index contributed by atoms with van der Waals surface area (Å²) in [5.74, 6) is 0.689. The van der Waals surface area contributed by atoms with E-state index >= 15 is 0 Å². The van der Waals surface area contributed by atoms with E-state index in [9.17, 15) is 0 Å². The van der Waals surface area contributed by atoms with Crippen molar-refractivity contribution in [3.05, 3.63) is 0 Å². The molecule has 1 N–H and O–H groups in total. The molecule has 0 saturated carbocycles. The van der Waals surface area contributed by atoms with Crippen molar-refractivity contribution in [1.82, 2.24) is 5.32 Å². The fraction of sp³-hybridized carbons (Fsp3) is 1.00. The minimum Gasteiger partial charge on any atom is -0.381 e. The maximum absolute atomic E-state index is 5.51. The second kappa shape index (κ2) is 7.34. The second-order valence-corrected chi connectivity index (χ2v) is 5.69. The van der Waals surface area contributed by atoms with Gasteiger partial charge < -0.3 is 14.8 Å². The number of nitrogens with one attached hydrogen (secondary N) is 1. The zero-order chi connectivity index (χ0) is 12.7. The Morgan fingerprint density at radius 3 is 2.76 bits per heavy atom. The lowest BCUT2D eigenvalue weighted by molar-refractivity contribution is 0.00996. The van der Waals surface area contributed by atoms with E-state index in [4.69, 9.17) is 9.47 Å². The van der Waals surface area contributed by atoms with Crippen LogP contribution in [-0.4, -0.2) is 38.5 Å². The lowest BCUT2D eigenvalue weighted by Crippen LogP contribution is -2.39. The van der Waals surface area contributed by atoms with E-state index in [-0.39, 0.29) is 5.60 Å². The van der Waals surface area contributed by atoms with E-state index < -0.39 is 0 Å². The van der Waals surface area contributed by atoms with E-state index in [1.165, 1.54) is 19.3 Å². The van der Waals surface area contributed by atoms with Gasteiger partial charge in [-0.05, 0) is 52.0 Å². The summed E-state index contributed by atoms with van der Waals surface area (Å²) in [6, 6.07) is 0.590. The van der Waals surface area contributed by atoms with Gasteiger partial charge in [0.15, 0.2) is 0 Å². The van der Waals surface area contributed by atoms with E-state index in [2.05, 4.69) is 26.1 Å². The van der Waals surface area contributed by atoms with Gasteiger partial charge in [-0.25, -0.2) is 0 Å². The van der Waals surface area contributed by atoms with Crippen LogP contribution in [0.15, 0.2) is 0 Å². The highest BCUT2D eigenvalue weighted by Gasteiger charge is 2.27. The molecule has 0 spiro atoms. The average molecular weight is 243 g/mol. The molecule has 0 aromatic rings. The molecular weight excluding hydrogens is 214 g/mol. The maximum Gasteiger partial charge on any atom is 0.0623 e. The molecule has 1 aliphatic heterocycles. The summed E-state index contributed by atoms with van der Waals surface area (Å²) in [6.45, 7) is 9.50. The number of methoxy groups -OCH3 is 1. The molecule has 1 rings (SSSR count). The van der Waals surface area contributed by atoms with E-state index in [0.717, 1.165) is 26.2 Å². The highest BCUT2D eigenvalue weighted by molar-refractivity contribution is 4.82. The van der Waals surface area contributed by atoms with Gasteiger partial charge in [-0.15, -0.1) is 0 Å². The largest absolute Gasteiger partial charge is 0.381 e. The Bertz CT molecular complexity index is 200. The first-order chi connectivity index (χ1) is 8.09. The van der Waals surface area contributed by atoms with Crippen LogP contribution in [0.25, 0.3) is 0 Å². The molecule has 1 saturated heterocycles. The molecule has 0 bridgehead atoms. The van der Waals surface area contributed by atoms with Crippen LogP contribution < -0.4 is 5.32 Å². The minimum absolute atomic E-state index is 0.00833. The third kappa shape index (κ3) is 5.36. The van der Waals surface area contributed by atoms with Crippen molar-refractivity contribution >= 4 is 0 Å². The van der Waals surface area contributed by atoms with Crippen LogP contribution in [0.3, 0.4) is 0 Å². The molecule has 0 aromatic heterocycles. The molecule has 0 radical (unpaired) electrons. The van der Waals surface area contributed by atoms with Crippen molar-refractivity contribution in [2.75, 3.05) is 26.9 Å². The van der Waals surface area contributed by atoms with Crippen LogP contribution in [0.2, 0.25) is 0 Å². The van der Waals surface area contributed by atoms with Crippen LogP contribution >= 0.6 is 0 Å². The van der Waals surface area contributed by atoms with Crippen LogP contribution in [0, 0.1) is 5.92 Å². The van der Waals surface area contributed by atoms with Crippen LogP contribution in [0.4, 0.5) is 0 Å². The van der Waals surface area contributed by atoms with Crippen molar-refractivity contribution in [2.45, 2.75) is 58.1 Å². The van der Waals surface area contributed by atoms with Crippen molar-refractivity contribution < 1.29 is 9.47 Å².